The highest BCUT2D eigenvalue weighted by Crippen LogP contribution is 2.37. The molecule has 1 aliphatic heterocycles. The van der Waals surface area contributed by atoms with Crippen LogP contribution in [0.5, 0.6) is 0 Å². The summed E-state index contributed by atoms with van der Waals surface area (Å²) in [5, 5.41) is 11.5. The third kappa shape index (κ3) is 3.15. The Bertz CT molecular complexity index is 813. The van der Waals surface area contributed by atoms with Crippen molar-refractivity contribution < 1.29 is 9.72 Å². The zero-order valence-electron chi connectivity index (χ0n) is 11.7. The predicted octanol–water partition coefficient (Wildman–Crippen LogP) is 4.65. The molecule has 0 aromatic heterocycles. The van der Waals surface area contributed by atoms with Gasteiger partial charge in [0.05, 0.1) is 10.6 Å². The van der Waals surface area contributed by atoms with Crippen LogP contribution in [0.1, 0.15) is 10.4 Å². The highest BCUT2D eigenvalue weighted by atomic mass is 35.5. The van der Waals surface area contributed by atoms with Gasteiger partial charge in [0.25, 0.3) is 11.6 Å². The van der Waals surface area contributed by atoms with Crippen molar-refractivity contribution in [2.45, 2.75) is 4.90 Å². The molecule has 118 valence electrons. The summed E-state index contributed by atoms with van der Waals surface area (Å²) in [4.78, 5) is 25.7. The number of amides is 1. The number of nitro benzene ring substituents is 1. The van der Waals surface area contributed by atoms with Gasteiger partial charge >= 0.3 is 0 Å². The average molecular weight is 369 g/mol. The molecule has 0 aliphatic carbocycles. The van der Waals surface area contributed by atoms with Crippen molar-refractivity contribution in [2.24, 2.45) is 0 Å². The molecule has 0 spiro atoms. The molecule has 5 nitrogen and oxygen atoms in total. The molecule has 8 heteroatoms. The molecule has 1 aliphatic rings. The first-order valence-corrected chi connectivity index (χ1v) is 8.39. The Morgan fingerprint density at radius 2 is 2.00 bits per heavy atom. The Balaban J connectivity index is 2.01. The molecule has 0 atom stereocenters. The largest absolute Gasteiger partial charge is 0.306 e. The second-order valence-electron chi connectivity index (χ2n) is 4.84. The summed E-state index contributed by atoms with van der Waals surface area (Å²) in [6.07, 6.45) is 0. The van der Waals surface area contributed by atoms with E-state index < -0.39 is 4.92 Å². The number of anilines is 1. The van der Waals surface area contributed by atoms with Gasteiger partial charge in [0.2, 0.25) is 0 Å². The van der Waals surface area contributed by atoms with Crippen LogP contribution < -0.4 is 4.90 Å². The number of carbonyl (C=O) groups excluding carboxylic acids is 1. The summed E-state index contributed by atoms with van der Waals surface area (Å²) in [5.74, 6) is 0.435. The lowest BCUT2D eigenvalue weighted by Gasteiger charge is -2.29. The molecule has 0 bridgehead atoms. The van der Waals surface area contributed by atoms with Crippen LogP contribution >= 0.6 is 35.0 Å². The van der Waals surface area contributed by atoms with Gasteiger partial charge in [0.1, 0.15) is 5.02 Å². The number of carbonyl (C=O) groups is 1. The maximum atomic E-state index is 12.8. The van der Waals surface area contributed by atoms with Crippen LogP contribution in [0.4, 0.5) is 11.4 Å². The third-order valence-corrected chi connectivity index (χ3v) is 5.02. The molecule has 0 unspecified atom stereocenters. The van der Waals surface area contributed by atoms with E-state index in [1.165, 1.54) is 18.2 Å². The monoisotopic (exact) mass is 368 g/mol. The van der Waals surface area contributed by atoms with Crippen LogP contribution in [-0.2, 0) is 0 Å². The minimum Gasteiger partial charge on any atom is -0.306 e. The van der Waals surface area contributed by atoms with Gasteiger partial charge in [0, 0.05) is 33.8 Å². The molecule has 0 radical (unpaired) electrons. The molecule has 2 aromatic rings. The second kappa shape index (κ2) is 6.39. The van der Waals surface area contributed by atoms with Gasteiger partial charge in [-0.15, -0.1) is 11.8 Å². The third-order valence-electron chi connectivity index (χ3n) is 3.42. The number of hydrogen-bond acceptors (Lipinski definition) is 4. The zero-order valence-corrected chi connectivity index (χ0v) is 14.0. The quantitative estimate of drug-likeness (QED) is 0.571. The first kappa shape index (κ1) is 16.1. The smallest absolute Gasteiger partial charge is 0.288 e. The van der Waals surface area contributed by atoms with Crippen LogP contribution in [0.2, 0.25) is 10.0 Å². The Morgan fingerprint density at radius 3 is 2.74 bits per heavy atom. The molecule has 3 rings (SSSR count). The van der Waals surface area contributed by atoms with E-state index in [1.807, 2.05) is 6.07 Å². The lowest BCUT2D eigenvalue weighted by Crippen LogP contribution is -2.35. The summed E-state index contributed by atoms with van der Waals surface area (Å²) >= 11 is 13.5. The number of rotatable bonds is 2. The van der Waals surface area contributed by atoms with Gasteiger partial charge in [-0.3, -0.25) is 14.9 Å². The van der Waals surface area contributed by atoms with E-state index in [9.17, 15) is 14.9 Å². The Hall–Kier alpha value is -1.76. The van der Waals surface area contributed by atoms with Crippen molar-refractivity contribution in [3.8, 4) is 0 Å². The zero-order chi connectivity index (χ0) is 16.6. The first-order valence-electron chi connectivity index (χ1n) is 6.65. The normalized spacial score (nSPS) is 13.6. The average Bonchev–Trinajstić information content (AvgIpc) is 2.53. The number of thioether (sulfide) groups is 1. The molecule has 0 saturated carbocycles. The van der Waals surface area contributed by atoms with Crippen LogP contribution in [0.3, 0.4) is 0 Å². The molecule has 1 heterocycles. The van der Waals surface area contributed by atoms with Crippen molar-refractivity contribution >= 4 is 52.2 Å². The molecule has 23 heavy (non-hydrogen) atoms. The standard InChI is InChI=1S/C15H10Cl2N2O3S/c16-10-2-4-14-13(8-10)18(5-6-23-14)15(20)9-1-3-11(17)12(7-9)19(21)22/h1-4,7-8H,5-6H2. The van der Waals surface area contributed by atoms with Crippen molar-refractivity contribution in [3.05, 3.63) is 62.1 Å². The Labute approximate surface area is 146 Å². The van der Waals surface area contributed by atoms with Crippen molar-refractivity contribution in [1.29, 1.82) is 0 Å². The fourth-order valence-corrected chi connectivity index (χ4v) is 3.67. The maximum Gasteiger partial charge on any atom is 0.288 e. The van der Waals surface area contributed by atoms with Crippen molar-refractivity contribution in [2.75, 3.05) is 17.2 Å². The van der Waals surface area contributed by atoms with E-state index in [0.29, 0.717) is 11.6 Å². The number of fused-ring (bicyclic) bond motifs is 1. The van der Waals surface area contributed by atoms with Crippen LogP contribution in [0.25, 0.3) is 0 Å². The molecule has 2 aromatic carbocycles. The molecule has 0 N–H and O–H groups in total. The van der Waals surface area contributed by atoms with Gasteiger partial charge in [-0.1, -0.05) is 23.2 Å². The summed E-state index contributed by atoms with van der Waals surface area (Å²) in [5.41, 5.74) is 0.658. The van der Waals surface area contributed by atoms with E-state index in [2.05, 4.69) is 0 Å². The Morgan fingerprint density at radius 1 is 1.22 bits per heavy atom. The fourth-order valence-electron chi connectivity index (χ4n) is 2.34. The van der Waals surface area contributed by atoms with Crippen molar-refractivity contribution in [3.63, 3.8) is 0 Å². The van der Waals surface area contributed by atoms with E-state index >= 15 is 0 Å². The maximum absolute atomic E-state index is 12.8. The van der Waals surface area contributed by atoms with E-state index in [1.54, 1.807) is 28.8 Å². The summed E-state index contributed by atoms with van der Waals surface area (Å²) < 4.78 is 0. The molecular weight excluding hydrogens is 359 g/mol. The second-order valence-corrected chi connectivity index (χ2v) is 6.82. The SMILES string of the molecule is O=C(c1ccc(Cl)c([N+](=O)[O-])c1)N1CCSc2ccc(Cl)cc21. The van der Waals surface area contributed by atoms with Gasteiger partial charge in [-0.2, -0.15) is 0 Å². The Kier molecular flexibility index (Phi) is 4.48. The molecule has 0 fully saturated rings. The highest BCUT2D eigenvalue weighted by molar-refractivity contribution is 7.99. The van der Waals surface area contributed by atoms with Crippen LogP contribution in [0, 0.1) is 10.1 Å². The van der Waals surface area contributed by atoms with Gasteiger partial charge in [-0.25, -0.2) is 0 Å². The minimum absolute atomic E-state index is 0.00388. The molecule has 0 saturated heterocycles. The molecular formula is C15H10Cl2N2O3S. The number of benzene rings is 2. The number of hydrogen-bond donors (Lipinski definition) is 0. The van der Waals surface area contributed by atoms with Crippen molar-refractivity contribution in [1.82, 2.24) is 0 Å². The predicted molar refractivity (Wildman–Crippen MR) is 92.0 cm³/mol. The lowest BCUT2D eigenvalue weighted by molar-refractivity contribution is -0.384. The highest BCUT2D eigenvalue weighted by Gasteiger charge is 2.26. The lowest BCUT2D eigenvalue weighted by atomic mass is 10.1. The number of halogens is 2. The van der Waals surface area contributed by atoms with Crippen LogP contribution in [-0.4, -0.2) is 23.1 Å². The van der Waals surface area contributed by atoms with E-state index in [-0.39, 0.29) is 22.2 Å². The van der Waals surface area contributed by atoms with E-state index in [4.69, 9.17) is 23.2 Å². The van der Waals surface area contributed by atoms with Gasteiger partial charge < -0.3 is 4.90 Å². The summed E-state index contributed by atoms with van der Waals surface area (Å²) in [7, 11) is 0. The molecule has 1 amide bonds. The first-order chi connectivity index (χ1) is 11.0. The van der Waals surface area contributed by atoms with Gasteiger partial charge in [0.15, 0.2) is 0 Å². The number of nitro groups is 1. The minimum atomic E-state index is -0.601. The topological polar surface area (TPSA) is 63.4 Å². The number of nitrogens with zero attached hydrogens (tertiary/aromatic N) is 2. The summed E-state index contributed by atoms with van der Waals surface area (Å²) in [6, 6.07) is 9.43. The van der Waals surface area contributed by atoms with Crippen LogP contribution in [0.15, 0.2) is 41.3 Å². The van der Waals surface area contributed by atoms with E-state index in [0.717, 1.165) is 16.3 Å². The summed E-state index contributed by atoms with van der Waals surface area (Å²) in [6.45, 7) is 0.507. The fraction of sp³-hybridized carbons (Fsp3) is 0.133. The van der Waals surface area contributed by atoms with Gasteiger partial charge in [-0.05, 0) is 30.3 Å².